The van der Waals surface area contributed by atoms with Crippen molar-refractivity contribution in [3.8, 4) is 0 Å². The van der Waals surface area contributed by atoms with E-state index in [0.717, 1.165) is 6.42 Å². The van der Waals surface area contributed by atoms with Gasteiger partial charge in [-0.1, -0.05) is 43.3 Å². The Kier molecular flexibility index (Phi) is 6.53. The number of nitrogens with two attached hydrogens (primary N) is 1. The fraction of sp³-hybridized carbons (Fsp3) is 0.538. The van der Waals surface area contributed by atoms with Crippen LogP contribution in [0.3, 0.4) is 0 Å². The van der Waals surface area contributed by atoms with E-state index in [2.05, 4.69) is 18.9 Å². The molecule has 3 heteroatoms. The molecule has 2 nitrogen and oxygen atoms in total. The number of nitrogens with zero attached hydrogens (tertiary/aromatic N) is 1. The standard InChI is InChI=1S/C7H16N2S.C6H6/c1-3-6(8)7-9(2)4-5-10-7;1-2-4-6-5-3-1/h6-7H,3-5,8H2,1-2H3;1-6H. The maximum absolute atomic E-state index is 5.91. The molecule has 1 fully saturated rings. The highest BCUT2D eigenvalue weighted by Gasteiger charge is 2.25. The van der Waals surface area contributed by atoms with Crippen molar-refractivity contribution in [3.63, 3.8) is 0 Å². The summed E-state index contributed by atoms with van der Waals surface area (Å²) in [5.41, 5.74) is 5.91. The van der Waals surface area contributed by atoms with E-state index in [4.69, 9.17) is 5.73 Å². The zero-order valence-corrected chi connectivity index (χ0v) is 11.0. The summed E-state index contributed by atoms with van der Waals surface area (Å²) < 4.78 is 0. The first kappa shape index (κ1) is 13.6. The second-order valence-electron chi connectivity index (χ2n) is 3.97. The molecular formula is C13H22N2S. The summed E-state index contributed by atoms with van der Waals surface area (Å²) in [5, 5.41) is 0.574. The van der Waals surface area contributed by atoms with Crippen LogP contribution in [0.15, 0.2) is 36.4 Å². The number of hydrogen-bond acceptors (Lipinski definition) is 3. The van der Waals surface area contributed by atoms with Crippen LogP contribution in [-0.2, 0) is 0 Å². The average molecular weight is 238 g/mol. The van der Waals surface area contributed by atoms with Crippen LogP contribution in [0.5, 0.6) is 0 Å². The minimum atomic E-state index is 0.359. The molecule has 0 amide bonds. The van der Waals surface area contributed by atoms with Gasteiger partial charge < -0.3 is 5.73 Å². The highest BCUT2D eigenvalue weighted by molar-refractivity contribution is 8.00. The van der Waals surface area contributed by atoms with Crippen LogP contribution >= 0.6 is 11.8 Å². The van der Waals surface area contributed by atoms with E-state index in [9.17, 15) is 0 Å². The van der Waals surface area contributed by atoms with Gasteiger partial charge in [0.05, 0.1) is 5.37 Å². The lowest BCUT2D eigenvalue weighted by molar-refractivity contribution is 0.313. The molecular weight excluding hydrogens is 216 g/mol. The first-order valence-corrected chi connectivity index (χ1v) is 6.88. The van der Waals surface area contributed by atoms with Gasteiger partial charge in [-0.15, -0.1) is 11.8 Å². The van der Waals surface area contributed by atoms with Crippen LogP contribution in [0.4, 0.5) is 0 Å². The van der Waals surface area contributed by atoms with Crippen molar-refractivity contribution in [2.24, 2.45) is 5.73 Å². The highest BCUT2D eigenvalue weighted by Crippen LogP contribution is 2.24. The van der Waals surface area contributed by atoms with Crippen molar-refractivity contribution in [1.82, 2.24) is 4.90 Å². The maximum atomic E-state index is 5.91. The smallest absolute Gasteiger partial charge is 0.0708 e. The van der Waals surface area contributed by atoms with Gasteiger partial charge >= 0.3 is 0 Å². The molecule has 1 aliphatic heterocycles. The van der Waals surface area contributed by atoms with E-state index >= 15 is 0 Å². The number of hydrogen-bond donors (Lipinski definition) is 1. The van der Waals surface area contributed by atoms with Crippen molar-refractivity contribution in [2.45, 2.75) is 24.8 Å². The SMILES string of the molecule is CCC(N)C1SCCN1C.c1ccccc1. The van der Waals surface area contributed by atoms with Crippen LogP contribution < -0.4 is 5.73 Å². The van der Waals surface area contributed by atoms with E-state index in [1.165, 1.54) is 12.3 Å². The fourth-order valence-corrected chi connectivity index (χ4v) is 3.04. The summed E-state index contributed by atoms with van der Waals surface area (Å²) in [6, 6.07) is 12.4. The Morgan fingerprint density at radius 1 is 1.25 bits per heavy atom. The largest absolute Gasteiger partial charge is 0.326 e. The summed E-state index contributed by atoms with van der Waals surface area (Å²) in [7, 11) is 2.15. The molecule has 90 valence electrons. The monoisotopic (exact) mass is 238 g/mol. The first-order chi connectivity index (χ1) is 7.75. The van der Waals surface area contributed by atoms with Crippen molar-refractivity contribution < 1.29 is 0 Å². The zero-order chi connectivity index (χ0) is 11.8. The lowest BCUT2D eigenvalue weighted by Gasteiger charge is -2.23. The maximum Gasteiger partial charge on any atom is 0.0708 e. The molecule has 2 unspecified atom stereocenters. The molecule has 0 spiro atoms. The Bertz CT molecular complexity index is 239. The zero-order valence-electron chi connectivity index (χ0n) is 10.2. The second kappa shape index (κ2) is 7.71. The Balaban J connectivity index is 0.000000181. The van der Waals surface area contributed by atoms with Crippen LogP contribution in [0.25, 0.3) is 0 Å². The van der Waals surface area contributed by atoms with Crippen molar-refractivity contribution in [3.05, 3.63) is 36.4 Å². The van der Waals surface area contributed by atoms with Crippen LogP contribution in [0.1, 0.15) is 13.3 Å². The molecule has 1 aromatic carbocycles. The van der Waals surface area contributed by atoms with Crippen molar-refractivity contribution in [2.75, 3.05) is 19.3 Å². The Morgan fingerprint density at radius 3 is 2.06 bits per heavy atom. The van der Waals surface area contributed by atoms with Gasteiger partial charge in [-0.2, -0.15) is 0 Å². The van der Waals surface area contributed by atoms with Crippen molar-refractivity contribution in [1.29, 1.82) is 0 Å². The lowest BCUT2D eigenvalue weighted by Crippen LogP contribution is -2.39. The van der Waals surface area contributed by atoms with Gasteiger partial charge in [0, 0.05) is 18.3 Å². The molecule has 0 saturated carbocycles. The van der Waals surface area contributed by atoms with E-state index in [1.54, 1.807) is 0 Å². The Morgan fingerprint density at radius 2 is 1.75 bits per heavy atom. The quantitative estimate of drug-likeness (QED) is 0.858. The Hall–Kier alpha value is -0.510. The van der Waals surface area contributed by atoms with Gasteiger partial charge in [0.15, 0.2) is 0 Å². The van der Waals surface area contributed by atoms with E-state index in [0.29, 0.717) is 11.4 Å². The number of likely N-dealkylation sites (N-methyl/N-ethyl adjacent to an activating group) is 1. The van der Waals surface area contributed by atoms with Gasteiger partial charge in [0.25, 0.3) is 0 Å². The minimum Gasteiger partial charge on any atom is -0.326 e. The molecule has 2 atom stereocenters. The van der Waals surface area contributed by atoms with Crippen LogP contribution in [0.2, 0.25) is 0 Å². The van der Waals surface area contributed by atoms with Gasteiger partial charge in [-0.05, 0) is 13.5 Å². The summed E-state index contributed by atoms with van der Waals surface area (Å²) >= 11 is 1.98. The van der Waals surface area contributed by atoms with Gasteiger partial charge in [-0.3, -0.25) is 4.90 Å². The number of benzene rings is 1. The third-order valence-electron chi connectivity index (χ3n) is 2.67. The summed E-state index contributed by atoms with van der Waals surface area (Å²) in [6.07, 6.45) is 1.09. The third-order valence-corrected chi connectivity index (χ3v) is 4.14. The third kappa shape index (κ3) is 4.56. The average Bonchev–Trinajstić information content (AvgIpc) is 2.78. The molecule has 1 aromatic rings. The van der Waals surface area contributed by atoms with Gasteiger partial charge in [0.2, 0.25) is 0 Å². The lowest BCUT2D eigenvalue weighted by atomic mass is 10.2. The van der Waals surface area contributed by atoms with Gasteiger partial charge in [0.1, 0.15) is 0 Å². The predicted octanol–water partition coefficient (Wildman–Crippen LogP) is 2.42. The molecule has 1 heterocycles. The van der Waals surface area contributed by atoms with E-state index in [1.807, 2.05) is 48.2 Å². The van der Waals surface area contributed by atoms with E-state index < -0.39 is 0 Å². The molecule has 0 aromatic heterocycles. The fourth-order valence-electron chi connectivity index (χ4n) is 1.61. The van der Waals surface area contributed by atoms with Crippen LogP contribution in [0, 0.1) is 0 Å². The number of thioether (sulfide) groups is 1. The summed E-state index contributed by atoms with van der Waals surface area (Å²) in [4.78, 5) is 2.35. The molecule has 0 bridgehead atoms. The van der Waals surface area contributed by atoms with Crippen LogP contribution in [-0.4, -0.2) is 35.7 Å². The predicted molar refractivity (Wildman–Crippen MR) is 73.6 cm³/mol. The summed E-state index contributed by atoms with van der Waals surface area (Å²) in [6.45, 7) is 3.35. The number of rotatable bonds is 2. The topological polar surface area (TPSA) is 29.3 Å². The molecule has 0 aliphatic carbocycles. The molecule has 0 radical (unpaired) electrons. The van der Waals surface area contributed by atoms with Gasteiger partial charge in [-0.25, -0.2) is 0 Å². The molecule has 2 N–H and O–H groups in total. The minimum absolute atomic E-state index is 0.359. The first-order valence-electron chi connectivity index (χ1n) is 5.83. The highest BCUT2D eigenvalue weighted by atomic mass is 32.2. The van der Waals surface area contributed by atoms with Crippen molar-refractivity contribution >= 4 is 11.8 Å². The molecule has 1 saturated heterocycles. The second-order valence-corrected chi connectivity index (χ2v) is 5.19. The van der Waals surface area contributed by atoms with E-state index in [-0.39, 0.29) is 0 Å². The molecule has 16 heavy (non-hydrogen) atoms. The molecule has 1 aliphatic rings. The summed E-state index contributed by atoms with van der Waals surface area (Å²) in [5.74, 6) is 1.24. The normalized spacial score (nSPS) is 22.3. The Labute approximate surface area is 103 Å². The molecule has 2 rings (SSSR count).